The molecule has 0 saturated carbocycles. The third-order valence-corrected chi connectivity index (χ3v) is 3.55. The maximum absolute atomic E-state index is 8.98. The fourth-order valence-electron chi connectivity index (χ4n) is 2.16. The number of hydrogen-bond acceptors (Lipinski definition) is 4. The second-order valence-electron chi connectivity index (χ2n) is 4.56. The topological polar surface area (TPSA) is 74.7 Å². The molecule has 4 nitrogen and oxygen atoms in total. The van der Waals surface area contributed by atoms with Crippen LogP contribution in [0.15, 0.2) is 48.8 Å². The van der Waals surface area contributed by atoms with E-state index in [4.69, 9.17) is 22.6 Å². The number of rotatable bonds is 2. The number of aromatic nitrogens is 1. The Balaban J connectivity index is 2.11. The fraction of sp³-hybridized carbons (Fsp3) is 0. The van der Waals surface area contributed by atoms with E-state index in [9.17, 15) is 0 Å². The highest BCUT2D eigenvalue weighted by Gasteiger charge is 2.07. The van der Waals surface area contributed by atoms with Gasteiger partial charge < -0.3 is 11.1 Å². The molecule has 3 rings (SSSR count). The molecule has 0 saturated heterocycles. The predicted octanol–water partition coefficient (Wildman–Crippen LogP) is 4.09. The van der Waals surface area contributed by atoms with Crippen molar-refractivity contribution in [1.82, 2.24) is 4.98 Å². The Morgan fingerprint density at radius 1 is 1.10 bits per heavy atom. The zero-order valence-corrected chi connectivity index (χ0v) is 11.7. The van der Waals surface area contributed by atoms with Crippen LogP contribution in [-0.4, -0.2) is 4.98 Å². The van der Waals surface area contributed by atoms with Crippen LogP contribution in [0.25, 0.3) is 10.8 Å². The molecule has 1 heterocycles. The van der Waals surface area contributed by atoms with Crippen molar-refractivity contribution in [3.05, 3.63) is 59.4 Å². The van der Waals surface area contributed by atoms with E-state index in [-0.39, 0.29) is 0 Å². The van der Waals surface area contributed by atoms with Crippen LogP contribution < -0.4 is 11.1 Å². The van der Waals surface area contributed by atoms with Crippen molar-refractivity contribution in [3.63, 3.8) is 0 Å². The molecule has 2 aromatic carbocycles. The summed E-state index contributed by atoms with van der Waals surface area (Å²) in [6, 6.07) is 12.7. The summed E-state index contributed by atoms with van der Waals surface area (Å²) in [5.41, 5.74) is 8.71. The SMILES string of the molecule is N#Cc1ccc(Cl)c(Nc2ccc(N)c3ccncc23)c1. The standard InChI is InChI=1S/C16H11ClN4/c17-13-2-1-10(8-18)7-16(13)21-15-4-3-14(19)11-5-6-20-9-12(11)15/h1-7,9,21H,19H2. The number of nitrogens with one attached hydrogen (secondary N) is 1. The highest BCUT2D eigenvalue weighted by molar-refractivity contribution is 6.33. The second-order valence-corrected chi connectivity index (χ2v) is 4.96. The molecule has 0 unspecified atom stereocenters. The molecular formula is C16H11ClN4. The van der Waals surface area contributed by atoms with Crippen LogP contribution in [0.5, 0.6) is 0 Å². The summed E-state index contributed by atoms with van der Waals surface area (Å²) in [6.07, 6.45) is 3.45. The number of halogens is 1. The first-order chi connectivity index (χ1) is 10.2. The average molecular weight is 295 g/mol. The Labute approximate surface area is 126 Å². The third kappa shape index (κ3) is 2.47. The van der Waals surface area contributed by atoms with Gasteiger partial charge in [0.1, 0.15) is 0 Å². The van der Waals surface area contributed by atoms with Gasteiger partial charge in [0.05, 0.1) is 22.3 Å². The van der Waals surface area contributed by atoms with Gasteiger partial charge in [-0.25, -0.2) is 0 Å². The van der Waals surface area contributed by atoms with E-state index in [1.165, 1.54) is 0 Å². The predicted molar refractivity (Wildman–Crippen MR) is 85.6 cm³/mol. The number of benzene rings is 2. The molecule has 0 bridgehead atoms. The quantitative estimate of drug-likeness (QED) is 0.698. The van der Waals surface area contributed by atoms with Gasteiger partial charge in [-0.3, -0.25) is 4.98 Å². The van der Waals surface area contributed by atoms with Crippen molar-refractivity contribution in [2.75, 3.05) is 11.1 Å². The van der Waals surface area contributed by atoms with E-state index in [0.29, 0.717) is 22.0 Å². The number of nitrogens with two attached hydrogens (primary N) is 1. The number of fused-ring (bicyclic) bond motifs is 1. The molecule has 0 radical (unpaired) electrons. The minimum absolute atomic E-state index is 0.541. The van der Waals surface area contributed by atoms with Crippen molar-refractivity contribution < 1.29 is 0 Å². The summed E-state index contributed by atoms with van der Waals surface area (Å²) in [5, 5.41) is 14.6. The van der Waals surface area contributed by atoms with Gasteiger partial charge in [-0.1, -0.05) is 11.6 Å². The Kier molecular flexibility index (Phi) is 3.35. The van der Waals surface area contributed by atoms with Gasteiger partial charge in [0.25, 0.3) is 0 Å². The van der Waals surface area contributed by atoms with Crippen LogP contribution in [0.3, 0.4) is 0 Å². The molecule has 1 aromatic heterocycles. The van der Waals surface area contributed by atoms with Gasteiger partial charge >= 0.3 is 0 Å². The van der Waals surface area contributed by atoms with Crippen LogP contribution in [0, 0.1) is 11.3 Å². The van der Waals surface area contributed by atoms with Crippen molar-refractivity contribution in [2.24, 2.45) is 0 Å². The lowest BCUT2D eigenvalue weighted by molar-refractivity contribution is 1.36. The van der Waals surface area contributed by atoms with Gasteiger partial charge in [-0.2, -0.15) is 5.26 Å². The molecule has 0 aliphatic heterocycles. The monoisotopic (exact) mass is 294 g/mol. The lowest BCUT2D eigenvalue weighted by Crippen LogP contribution is -1.96. The van der Waals surface area contributed by atoms with Crippen molar-refractivity contribution in [2.45, 2.75) is 0 Å². The van der Waals surface area contributed by atoms with E-state index in [2.05, 4.69) is 16.4 Å². The van der Waals surface area contributed by atoms with Gasteiger partial charge in [-0.05, 0) is 36.4 Å². The van der Waals surface area contributed by atoms with Crippen molar-refractivity contribution in [1.29, 1.82) is 5.26 Å². The zero-order valence-electron chi connectivity index (χ0n) is 11.0. The summed E-state index contributed by atoms with van der Waals surface area (Å²) >= 11 is 6.17. The number of nitrogen functional groups attached to an aromatic ring is 1. The molecule has 0 atom stereocenters. The molecular weight excluding hydrogens is 284 g/mol. The number of pyridine rings is 1. The molecule has 3 N–H and O–H groups in total. The molecule has 3 aromatic rings. The van der Waals surface area contributed by atoms with E-state index >= 15 is 0 Å². The van der Waals surface area contributed by atoms with Crippen LogP contribution in [0.2, 0.25) is 5.02 Å². The summed E-state index contributed by atoms with van der Waals surface area (Å²) in [7, 11) is 0. The molecule has 21 heavy (non-hydrogen) atoms. The number of nitrogens with zero attached hydrogens (tertiary/aromatic N) is 2. The smallest absolute Gasteiger partial charge is 0.0992 e. The van der Waals surface area contributed by atoms with E-state index in [0.717, 1.165) is 16.5 Å². The van der Waals surface area contributed by atoms with Gasteiger partial charge in [0.15, 0.2) is 0 Å². The summed E-state index contributed by atoms with van der Waals surface area (Å²) in [6.45, 7) is 0. The normalized spacial score (nSPS) is 10.3. The lowest BCUT2D eigenvalue weighted by atomic mass is 10.1. The highest BCUT2D eigenvalue weighted by Crippen LogP contribution is 2.32. The van der Waals surface area contributed by atoms with Crippen LogP contribution in [-0.2, 0) is 0 Å². The van der Waals surface area contributed by atoms with Crippen LogP contribution in [0.4, 0.5) is 17.1 Å². The van der Waals surface area contributed by atoms with E-state index < -0.39 is 0 Å². The molecule has 0 aliphatic carbocycles. The summed E-state index contributed by atoms with van der Waals surface area (Å²) in [4.78, 5) is 4.13. The minimum Gasteiger partial charge on any atom is -0.398 e. The van der Waals surface area contributed by atoms with Crippen LogP contribution >= 0.6 is 11.6 Å². The largest absolute Gasteiger partial charge is 0.398 e. The molecule has 0 amide bonds. The van der Waals surface area contributed by atoms with Gasteiger partial charge in [0, 0.05) is 34.5 Å². The van der Waals surface area contributed by atoms with E-state index in [1.54, 1.807) is 30.6 Å². The maximum Gasteiger partial charge on any atom is 0.0992 e. The number of nitriles is 1. The van der Waals surface area contributed by atoms with Crippen molar-refractivity contribution >= 4 is 39.4 Å². The molecule has 0 aliphatic rings. The highest BCUT2D eigenvalue weighted by atomic mass is 35.5. The van der Waals surface area contributed by atoms with E-state index in [1.807, 2.05) is 18.2 Å². The minimum atomic E-state index is 0.541. The maximum atomic E-state index is 8.98. The molecule has 0 spiro atoms. The van der Waals surface area contributed by atoms with Crippen LogP contribution in [0.1, 0.15) is 5.56 Å². The molecule has 0 fully saturated rings. The zero-order chi connectivity index (χ0) is 14.8. The first kappa shape index (κ1) is 13.2. The van der Waals surface area contributed by atoms with Crippen molar-refractivity contribution in [3.8, 4) is 6.07 Å². The van der Waals surface area contributed by atoms with Gasteiger partial charge in [0.2, 0.25) is 0 Å². The third-order valence-electron chi connectivity index (χ3n) is 3.22. The average Bonchev–Trinajstić information content (AvgIpc) is 2.52. The second kappa shape index (κ2) is 5.31. The first-order valence-corrected chi connectivity index (χ1v) is 6.66. The van der Waals surface area contributed by atoms with Gasteiger partial charge in [-0.15, -0.1) is 0 Å². The lowest BCUT2D eigenvalue weighted by Gasteiger charge is -2.12. The molecule has 102 valence electrons. The Morgan fingerprint density at radius 2 is 1.95 bits per heavy atom. The Morgan fingerprint density at radius 3 is 2.76 bits per heavy atom. The Bertz CT molecular complexity index is 868. The summed E-state index contributed by atoms with van der Waals surface area (Å²) in [5.74, 6) is 0. The fourth-order valence-corrected chi connectivity index (χ4v) is 2.32. The molecule has 5 heteroatoms. The number of anilines is 3. The summed E-state index contributed by atoms with van der Waals surface area (Å²) < 4.78 is 0. The Hall–Kier alpha value is -2.77. The first-order valence-electron chi connectivity index (χ1n) is 6.28. The number of hydrogen-bond donors (Lipinski definition) is 2.